The normalized spacial score (nSPS) is 20.5. The van der Waals surface area contributed by atoms with Crippen LogP contribution in [0.1, 0.15) is 6.92 Å². The van der Waals surface area contributed by atoms with E-state index in [4.69, 9.17) is 17.2 Å². The third-order valence-corrected chi connectivity index (χ3v) is 10.9. The molecule has 0 fully saturated rings. The Balaban J connectivity index is 3.15. The van der Waals surface area contributed by atoms with Crippen molar-refractivity contribution in [2.45, 2.75) is 6.92 Å². The molecule has 0 unspecified atom stereocenters. The van der Waals surface area contributed by atoms with Gasteiger partial charge in [0.25, 0.3) is 0 Å². The molecule has 11 heavy (non-hydrogen) atoms. The Labute approximate surface area is 82.1 Å². The molecule has 6 N–H and O–H groups in total. The minimum absolute atomic E-state index is 0.137. The number of hydrogen-bond donors (Lipinski definition) is 3. The van der Waals surface area contributed by atoms with Crippen LogP contribution in [-0.4, -0.2) is 4.01 Å². The zero-order valence-electron chi connectivity index (χ0n) is 6.07. The third-order valence-electron chi connectivity index (χ3n) is 1.28. The molecular weight excluding hydrogens is 368 g/mol. The molecule has 0 radical (unpaired) electrons. The van der Waals surface area contributed by atoms with Gasteiger partial charge < -0.3 is 0 Å². The summed E-state index contributed by atoms with van der Waals surface area (Å²) in [5.41, 5.74) is 19.1. The standard InChI is InChI=1S/C6H10I2N3/c1-3-5(10)6(11)4(9)2-7-8-3/h2H,9-11H2,1H3/q-1. The molecule has 0 atom stereocenters. The second kappa shape index (κ2) is 3.74. The summed E-state index contributed by atoms with van der Waals surface area (Å²) >= 11 is 0.274. The van der Waals surface area contributed by atoms with Crippen LogP contribution in [-0.2, 0) is 0 Å². The molecule has 0 aromatic heterocycles. The van der Waals surface area contributed by atoms with Crippen LogP contribution in [0.15, 0.2) is 20.7 Å². The molecular formula is C6H10I2N3-. The Morgan fingerprint density at radius 1 is 1.27 bits per heavy atom. The molecule has 5 heteroatoms. The van der Waals surface area contributed by atoms with E-state index in [0.717, 1.165) is 5.70 Å². The fraction of sp³-hybridized carbons (Fsp3) is 0.167. The fourth-order valence-corrected chi connectivity index (χ4v) is 8.47. The third kappa shape index (κ3) is 2.08. The summed E-state index contributed by atoms with van der Waals surface area (Å²) in [5, 5.41) is 0. The molecule has 1 aliphatic rings. The summed E-state index contributed by atoms with van der Waals surface area (Å²) in [6, 6.07) is 0. The fourth-order valence-electron chi connectivity index (χ4n) is 0.565. The van der Waals surface area contributed by atoms with Crippen LogP contribution in [0.25, 0.3) is 0 Å². The molecule has 0 saturated heterocycles. The minimum atomic E-state index is 0.137. The van der Waals surface area contributed by atoms with E-state index in [2.05, 4.69) is 10.9 Å². The van der Waals surface area contributed by atoms with Crippen LogP contribution < -0.4 is 34.4 Å². The van der Waals surface area contributed by atoms with Crippen LogP contribution in [0.4, 0.5) is 0 Å². The zero-order chi connectivity index (χ0) is 8.43. The van der Waals surface area contributed by atoms with Gasteiger partial charge in [0.2, 0.25) is 0 Å². The van der Waals surface area contributed by atoms with E-state index in [0.29, 0.717) is 11.4 Å². The first kappa shape index (κ1) is 9.30. The second-order valence-electron chi connectivity index (χ2n) is 2.08. The molecule has 3 nitrogen and oxygen atoms in total. The van der Waals surface area contributed by atoms with Gasteiger partial charge in [0.05, 0.1) is 0 Å². The van der Waals surface area contributed by atoms with Crippen molar-refractivity contribution in [3.05, 3.63) is 20.7 Å². The Morgan fingerprint density at radius 2 is 1.91 bits per heavy atom. The molecule has 1 heterocycles. The van der Waals surface area contributed by atoms with Gasteiger partial charge in [-0.3, -0.25) is 0 Å². The maximum absolute atomic E-state index is 5.75. The van der Waals surface area contributed by atoms with Crippen molar-refractivity contribution in [3.63, 3.8) is 0 Å². The van der Waals surface area contributed by atoms with Gasteiger partial charge in [-0.2, -0.15) is 0 Å². The van der Waals surface area contributed by atoms with E-state index in [1.165, 1.54) is 3.58 Å². The van der Waals surface area contributed by atoms with Gasteiger partial charge in [-0.15, -0.1) is 0 Å². The monoisotopic (exact) mass is 378 g/mol. The van der Waals surface area contributed by atoms with Gasteiger partial charge >= 0.3 is 82.8 Å². The van der Waals surface area contributed by atoms with Crippen molar-refractivity contribution >= 4 is 20.8 Å². The summed E-state index contributed by atoms with van der Waals surface area (Å²) in [6.07, 6.45) is 0. The predicted molar refractivity (Wildman–Crippen MR) is 52.4 cm³/mol. The van der Waals surface area contributed by atoms with Crippen molar-refractivity contribution in [2.24, 2.45) is 17.2 Å². The van der Waals surface area contributed by atoms with Gasteiger partial charge in [-0.1, -0.05) is 0 Å². The van der Waals surface area contributed by atoms with Crippen LogP contribution in [0.3, 0.4) is 0 Å². The summed E-state index contributed by atoms with van der Waals surface area (Å²) < 4.78 is 3.36. The van der Waals surface area contributed by atoms with Gasteiger partial charge in [0, 0.05) is 0 Å². The first-order valence-electron chi connectivity index (χ1n) is 2.95. The number of halogens is 2. The van der Waals surface area contributed by atoms with Crippen LogP contribution in [0, 0.1) is 0 Å². The zero-order valence-corrected chi connectivity index (χ0v) is 10.4. The molecule has 64 valence electrons. The van der Waals surface area contributed by atoms with E-state index >= 15 is 0 Å². The first-order valence-corrected chi connectivity index (χ1v) is 11.6. The molecule has 0 aromatic rings. The Kier molecular flexibility index (Phi) is 3.16. The van der Waals surface area contributed by atoms with E-state index in [1.54, 1.807) is 0 Å². The first-order chi connectivity index (χ1) is 5.13. The topological polar surface area (TPSA) is 78.1 Å². The number of hydrogen-bond acceptors (Lipinski definition) is 3. The van der Waals surface area contributed by atoms with E-state index in [-0.39, 0.29) is 34.0 Å². The number of rotatable bonds is 0. The molecule has 0 saturated carbocycles. The van der Waals surface area contributed by atoms with E-state index in [9.17, 15) is 0 Å². The van der Waals surface area contributed by atoms with Gasteiger partial charge in [0.15, 0.2) is 0 Å². The average Bonchev–Trinajstić information content (AvgIpc) is 2.07. The molecule has 0 spiro atoms. The maximum atomic E-state index is 5.75. The predicted octanol–water partition coefficient (Wildman–Crippen LogP) is -2.90. The Bertz CT molecular complexity index is 265. The molecule has 0 aromatic carbocycles. The van der Waals surface area contributed by atoms with Crippen LogP contribution >= 0.6 is 16.8 Å². The van der Waals surface area contributed by atoms with Crippen molar-refractivity contribution in [2.75, 3.05) is 0 Å². The van der Waals surface area contributed by atoms with Crippen LogP contribution in [0.5, 0.6) is 0 Å². The quantitative estimate of drug-likeness (QED) is 0.396. The SMILES string of the molecule is CC1=C(N)C(N)=C(N)C=I[I-]1. The molecule has 0 bridgehead atoms. The Morgan fingerprint density at radius 3 is 2.55 bits per heavy atom. The average molecular weight is 378 g/mol. The molecule has 0 aliphatic carbocycles. The van der Waals surface area contributed by atoms with E-state index < -0.39 is 0 Å². The van der Waals surface area contributed by atoms with Crippen molar-refractivity contribution < 1.29 is 17.2 Å². The number of allylic oxidation sites excluding steroid dienone is 2. The van der Waals surface area contributed by atoms with Gasteiger partial charge in [-0.25, -0.2) is 0 Å². The van der Waals surface area contributed by atoms with Crippen molar-refractivity contribution in [1.29, 1.82) is 0 Å². The van der Waals surface area contributed by atoms with Gasteiger partial charge in [0.1, 0.15) is 0 Å². The van der Waals surface area contributed by atoms with Crippen LogP contribution in [0.2, 0.25) is 0 Å². The molecule has 1 rings (SSSR count). The molecule has 0 amide bonds. The second-order valence-corrected chi connectivity index (χ2v) is 11.1. The van der Waals surface area contributed by atoms with E-state index in [1.807, 2.05) is 0 Å². The summed E-state index contributed by atoms with van der Waals surface area (Å²) in [4.78, 5) is 0. The van der Waals surface area contributed by atoms with Gasteiger partial charge in [-0.05, 0) is 0 Å². The van der Waals surface area contributed by atoms with Crippen molar-refractivity contribution in [3.8, 4) is 0 Å². The van der Waals surface area contributed by atoms with Crippen molar-refractivity contribution in [1.82, 2.24) is 0 Å². The molecule has 1 aliphatic heterocycles. The summed E-state index contributed by atoms with van der Waals surface area (Å²) in [7, 11) is 0. The summed E-state index contributed by atoms with van der Waals surface area (Å²) in [6.45, 7) is 2.06. The number of nitrogens with two attached hydrogens (primary N) is 3. The summed E-state index contributed by atoms with van der Waals surface area (Å²) in [5.74, 6) is 0. The Hall–Kier alpha value is 0.210.